The molecule has 7 nitrogen and oxygen atoms in total. The maximum atomic E-state index is 12.5. The van der Waals surface area contributed by atoms with Crippen LogP contribution in [-0.2, 0) is 19.4 Å². The number of nitrogens with one attached hydrogen (secondary N) is 1. The van der Waals surface area contributed by atoms with Crippen LogP contribution >= 0.6 is 0 Å². The predicted molar refractivity (Wildman–Crippen MR) is 96.5 cm³/mol. The topological polar surface area (TPSA) is 101 Å². The van der Waals surface area contributed by atoms with Crippen LogP contribution in [0, 0.1) is 11.8 Å². The van der Waals surface area contributed by atoms with Gasteiger partial charge in [-0.3, -0.25) is 14.4 Å². The first-order valence-electron chi connectivity index (χ1n) is 8.57. The van der Waals surface area contributed by atoms with Crippen molar-refractivity contribution in [1.29, 1.82) is 0 Å². The van der Waals surface area contributed by atoms with Gasteiger partial charge >= 0.3 is 0 Å². The zero-order valence-corrected chi connectivity index (χ0v) is 15.6. The van der Waals surface area contributed by atoms with Gasteiger partial charge in [-0.05, 0) is 44.0 Å². The molecule has 1 saturated carbocycles. The van der Waals surface area contributed by atoms with E-state index in [-0.39, 0.29) is 41.1 Å². The Labute approximate surface area is 152 Å². The Morgan fingerprint density at radius 3 is 2.31 bits per heavy atom. The van der Waals surface area contributed by atoms with E-state index in [0.29, 0.717) is 24.1 Å². The molecule has 1 heterocycles. The van der Waals surface area contributed by atoms with Crippen LogP contribution in [0.3, 0.4) is 0 Å². The van der Waals surface area contributed by atoms with Gasteiger partial charge in [-0.25, -0.2) is 8.42 Å². The van der Waals surface area contributed by atoms with Gasteiger partial charge in [0, 0.05) is 24.3 Å². The fourth-order valence-corrected chi connectivity index (χ4v) is 5.08. The van der Waals surface area contributed by atoms with Crippen molar-refractivity contribution in [2.75, 3.05) is 23.9 Å². The van der Waals surface area contributed by atoms with Crippen LogP contribution in [-0.4, -0.2) is 55.5 Å². The van der Waals surface area contributed by atoms with Crippen molar-refractivity contribution in [3.63, 3.8) is 0 Å². The summed E-state index contributed by atoms with van der Waals surface area (Å²) in [6.45, 7) is 1.47. The number of rotatable bonds is 5. The summed E-state index contributed by atoms with van der Waals surface area (Å²) >= 11 is 0. The lowest BCUT2D eigenvalue weighted by Gasteiger charge is -2.23. The Kier molecular flexibility index (Phi) is 4.88. The Morgan fingerprint density at radius 1 is 1.12 bits per heavy atom. The monoisotopic (exact) mass is 378 g/mol. The molecule has 1 aliphatic heterocycles. The van der Waals surface area contributed by atoms with Gasteiger partial charge in [0.05, 0.1) is 23.3 Å². The number of Topliss-reactive ketones (excluding diaryl/α,β-unsaturated/α-hetero) is 1. The summed E-state index contributed by atoms with van der Waals surface area (Å²) in [5.74, 6) is -1.12. The number of carbonyl (C=O) groups excluding carboxylic acids is 3. The highest BCUT2D eigenvalue weighted by Crippen LogP contribution is 2.41. The third kappa shape index (κ3) is 3.95. The number of benzene rings is 1. The van der Waals surface area contributed by atoms with E-state index in [0.717, 1.165) is 0 Å². The van der Waals surface area contributed by atoms with Gasteiger partial charge < -0.3 is 10.2 Å². The van der Waals surface area contributed by atoms with E-state index in [4.69, 9.17) is 0 Å². The van der Waals surface area contributed by atoms with Crippen LogP contribution in [0.15, 0.2) is 24.3 Å². The molecule has 0 bridgehead atoms. The van der Waals surface area contributed by atoms with E-state index in [1.165, 1.54) is 11.8 Å². The van der Waals surface area contributed by atoms with Gasteiger partial charge in [-0.1, -0.05) is 0 Å². The average molecular weight is 378 g/mol. The molecule has 2 aliphatic rings. The molecular formula is C18H22N2O5S. The lowest BCUT2D eigenvalue weighted by Crippen LogP contribution is -2.39. The minimum Gasteiger partial charge on any atom is -0.341 e. The van der Waals surface area contributed by atoms with Crippen LogP contribution in [0.1, 0.15) is 30.1 Å². The quantitative estimate of drug-likeness (QED) is 0.774. The van der Waals surface area contributed by atoms with E-state index >= 15 is 0 Å². The summed E-state index contributed by atoms with van der Waals surface area (Å²) in [6, 6.07) is 6.30. The molecule has 0 radical (unpaired) electrons. The maximum Gasteiger partial charge on any atom is 0.228 e. The van der Waals surface area contributed by atoms with Crippen molar-refractivity contribution in [1.82, 2.24) is 4.90 Å². The van der Waals surface area contributed by atoms with Crippen molar-refractivity contribution in [3.05, 3.63) is 29.8 Å². The molecule has 1 aromatic carbocycles. The van der Waals surface area contributed by atoms with E-state index in [1.807, 2.05) is 0 Å². The number of anilines is 1. The first-order valence-corrected chi connectivity index (χ1v) is 10.4. The van der Waals surface area contributed by atoms with E-state index in [2.05, 4.69) is 5.32 Å². The van der Waals surface area contributed by atoms with Gasteiger partial charge in [0.1, 0.15) is 0 Å². The number of hydrogen-bond donors (Lipinski definition) is 1. The van der Waals surface area contributed by atoms with Crippen molar-refractivity contribution in [2.45, 2.75) is 25.8 Å². The second-order valence-corrected chi connectivity index (χ2v) is 9.31. The summed E-state index contributed by atoms with van der Waals surface area (Å²) in [5.41, 5.74) is 1.14. The largest absolute Gasteiger partial charge is 0.341 e. The molecule has 3 unspecified atom stereocenters. The molecule has 1 saturated heterocycles. The van der Waals surface area contributed by atoms with Gasteiger partial charge in [0.15, 0.2) is 15.6 Å². The highest BCUT2D eigenvalue weighted by molar-refractivity contribution is 7.91. The first kappa shape index (κ1) is 18.6. The summed E-state index contributed by atoms with van der Waals surface area (Å²) < 4.78 is 23.1. The molecule has 1 aliphatic carbocycles. The smallest absolute Gasteiger partial charge is 0.228 e. The van der Waals surface area contributed by atoms with Crippen molar-refractivity contribution < 1.29 is 22.8 Å². The second kappa shape index (κ2) is 6.83. The Hall–Kier alpha value is -2.22. The molecule has 2 amide bonds. The molecule has 2 fully saturated rings. The molecule has 26 heavy (non-hydrogen) atoms. The Morgan fingerprint density at radius 2 is 1.77 bits per heavy atom. The Balaban J connectivity index is 1.55. The van der Waals surface area contributed by atoms with Gasteiger partial charge in [-0.2, -0.15) is 0 Å². The molecule has 3 atom stereocenters. The average Bonchev–Trinajstić information content (AvgIpc) is 3.31. The van der Waals surface area contributed by atoms with Crippen molar-refractivity contribution in [2.24, 2.45) is 11.8 Å². The molecule has 1 N–H and O–H groups in total. The number of nitrogens with zero attached hydrogens (tertiary/aromatic N) is 1. The van der Waals surface area contributed by atoms with E-state index < -0.39 is 15.8 Å². The van der Waals surface area contributed by atoms with Crippen LogP contribution < -0.4 is 5.32 Å². The van der Waals surface area contributed by atoms with Gasteiger partial charge in [0.25, 0.3) is 0 Å². The third-order valence-corrected chi connectivity index (χ3v) is 6.86. The van der Waals surface area contributed by atoms with Crippen LogP contribution in [0.5, 0.6) is 0 Å². The normalized spacial score (nSPS) is 26.2. The lowest BCUT2D eigenvalue weighted by atomic mass is 10.1. The van der Waals surface area contributed by atoms with Crippen molar-refractivity contribution in [3.8, 4) is 0 Å². The fourth-order valence-electron chi connectivity index (χ4n) is 3.30. The molecular weight excluding hydrogens is 356 g/mol. The molecule has 8 heteroatoms. The van der Waals surface area contributed by atoms with E-state index in [1.54, 1.807) is 31.3 Å². The number of ketones is 1. The van der Waals surface area contributed by atoms with Crippen molar-refractivity contribution >= 4 is 33.1 Å². The highest BCUT2D eigenvalue weighted by atomic mass is 32.2. The summed E-state index contributed by atoms with van der Waals surface area (Å²) in [7, 11) is -1.44. The zero-order valence-electron chi connectivity index (χ0n) is 14.8. The predicted octanol–water partition coefficient (Wildman–Crippen LogP) is 1.11. The number of carbonyl (C=O) groups is 3. The van der Waals surface area contributed by atoms with Gasteiger partial charge in [-0.15, -0.1) is 0 Å². The second-order valence-electron chi connectivity index (χ2n) is 7.08. The molecule has 140 valence electrons. The zero-order chi connectivity index (χ0) is 19.1. The first-order chi connectivity index (χ1) is 12.2. The van der Waals surface area contributed by atoms with E-state index in [9.17, 15) is 22.8 Å². The molecule has 0 spiro atoms. The minimum absolute atomic E-state index is 0.00131. The lowest BCUT2D eigenvalue weighted by molar-refractivity contribution is -0.134. The highest BCUT2D eigenvalue weighted by Gasteiger charge is 2.50. The van der Waals surface area contributed by atoms with Crippen LogP contribution in [0.2, 0.25) is 0 Å². The molecule has 3 rings (SSSR count). The fraction of sp³-hybridized carbons (Fsp3) is 0.500. The molecule has 0 aromatic heterocycles. The standard InChI is InChI=1S/C18H22N2O5S/c1-11(21)12-3-5-13(6-4-12)19-17(22)15-9-16(15)18(23)20(2)14-7-8-26(24,25)10-14/h3-6,14-16H,7-10H2,1-2H3,(H,19,22). The maximum absolute atomic E-state index is 12.5. The SMILES string of the molecule is CC(=O)c1ccc(NC(=O)C2CC2C(=O)N(C)C2CCS(=O)(=O)C2)cc1. The summed E-state index contributed by atoms with van der Waals surface area (Å²) in [4.78, 5) is 37.6. The number of amides is 2. The Bertz CT molecular complexity index is 847. The minimum atomic E-state index is -3.06. The number of hydrogen-bond acceptors (Lipinski definition) is 5. The summed E-state index contributed by atoms with van der Waals surface area (Å²) in [5, 5.41) is 2.76. The summed E-state index contributed by atoms with van der Waals surface area (Å²) in [6.07, 6.45) is 0.927. The van der Waals surface area contributed by atoms with Crippen LogP contribution in [0.4, 0.5) is 5.69 Å². The molecule has 1 aromatic rings. The number of sulfone groups is 1. The van der Waals surface area contributed by atoms with Gasteiger partial charge in [0.2, 0.25) is 11.8 Å². The third-order valence-electron chi connectivity index (χ3n) is 5.11. The van der Waals surface area contributed by atoms with Crippen LogP contribution in [0.25, 0.3) is 0 Å².